The first-order valence-corrected chi connectivity index (χ1v) is 8.25. The van der Waals surface area contributed by atoms with Gasteiger partial charge in [0.05, 0.1) is 19.8 Å². The van der Waals surface area contributed by atoms with E-state index < -0.39 is 0 Å². The number of hydrogen-bond acceptors (Lipinski definition) is 6. The molecule has 0 aromatic carbocycles. The maximum atomic E-state index is 12.2. The monoisotopic (exact) mass is 320 g/mol. The van der Waals surface area contributed by atoms with E-state index in [1.54, 1.807) is 0 Å². The van der Waals surface area contributed by atoms with E-state index in [0.29, 0.717) is 25.6 Å². The molecular weight excluding hydrogens is 296 g/mol. The molecule has 0 radical (unpaired) electrons. The number of aromatic nitrogens is 2. The first-order chi connectivity index (χ1) is 11.2. The Bertz CT molecular complexity index is 540. The van der Waals surface area contributed by atoms with Crippen molar-refractivity contribution in [3.05, 3.63) is 17.6 Å². The molecule has 3 rings (SSSR count). The average Bonchev–Trinajstić information content (AvgIpc) is 2.61. The van der Waals surface area contributed by atoms with Crippen LogP contribution in [0.15, 0.2) is 6.07 Å². The van der Waals surface area contributed by atoms with Crippen LogP contribution >= 0.6 is 0 Å². The molecule has 3 heterocycles. The predicted octanol–water partition coefficient (Wildman–Crippen LogP) is 0.664. The fourth-order valence-corrected chi connectivity index (χ4v) is 2.92. The largest absolute Gasteiger partial charge is 0.381 e. The molecule has 1 aromatic heterocycles. The molecule has 1 aromatic rings. The molecule has 0 aliphatic carbocycles. The summed E-state index contributed by atoms with van der Waals surface area (Å²) in [5.74, 6) is 1.70. The number of nitrogens with zero attached hydrogens (tertiary/aromatic N) is 3. The van der Waals surface area contributed by atoms with Gasteiger partial charge in [0, 0.05) is 44.0 Å². The Morgan fingerprint density at radius 3 is 2.65 bits per heavy atom. The van der Waals surface area contributed by atoms with Crippen molar-refractivity contribution in [1.82, 2.24) is 15.3 Å². The summed E-state index contributed by atoms with van der Waals surface area (Å²) in [7, 11) is 0. The van der Waals surface area contributed by atoms with E-state index in [0.717, 1.165) is 50.7 Å². The molecule has 0 unspecified atom stereocenters. The summed E-state index contributed by atoms with van der Waals surface area (Å²) in [6.07, 6.45) is 1.58. The van der Waals surface area contributed by atoms with Crippen LogP contribution in [0, 0.1) is 12.8 Å². The van der Waals surface area contributed by atoms with Gasteiger partial charge in [-0.15, -0.1) is 0 Å². The van der Waals surface area contributed by atoms with Gasteiger partial charge in [0.15, 0.2) is 0 Å². The lowest BCUT2D eigenvalue weighted by atomic mass is 9.99. The molecule has 0 bridgehead atoms. The third-order valence-electron chi connectivity index (χ3n) is 4.23. The normalized spacial score (nSPS) is 19.6. The molecule has 7 heteroatoms. The molecule has 0 saturated carbocycles. The predicted molar refractivity (Wildman–Crippen MR) is 85.2 cm³/mol. The number of morpholine rings is 1. The zero-order valence-electron chi connectivity index (χ0n) is 13.6. The van der Waals surface area contributed by atoms with Gasteiger partial charge in [0.25, 0.3) is 0 Å². The lowest BCUT2D eigenvalue weighted by Gasteiger charge is -2.28. The maximum Gasteiger partial charge on any atom is 0.223 e. The molecule has 2 saturated heterocycles. The Labute approximate surface area is 136 Å². The Morgan fingerprint density at radius 1 is 1.22 bits per heavy atom. The van der Waals surface area contributed by atoms with Gasteiger partial charge in [0.2, 0.25) is 5.91 Å². The van der Waals surface area contributed by atoms with E-state index in [1.165, 1.54) is 0 Å². The highest BCUT2D eigenvalue weighted by molar-refractivity contribution is 5.78. The first kappa shape index (κ1) is 16.1. The second-order valence-corrected chi connectivity index (χ2v) is 5.99. The van der Waals surface area contributed by atoms with Crippen molar-refractivity contribution < 1.29 is 14.3 Å². The quantitative estimate of drug-likeness (QED) is 0.878. The highest BCUT2D eigenvalue weighted by Crippen LogP contribution is 2.16. The second kappa shape index (κ2) is 7.70. The molecule has 1 amide bonds. The van der Waals surface area contributed by atoms with Crippen LogP contribution in [0.4, 0.5) is 5.82 Å². The summed E-state index contributed by atoms with van der Waals surface area (Å²) in [6.45, 7) is 6.78. The summed E-state index contributed by atoms with van der Waals surface area (Å²) in [4.78, 5) is 23.4. The number of ether oxygens (including phenoxy) is 2. The standard InChI is InChI=1S/C16H24N4O3/c1-12-10-15(20-4-8-23-9-5-20)19-14(18-12)11-17-16(21)13-2-6-22-7-3-13/h10,13H,2-9,11H2,1H3,(H,17,21). The van der Waals surface area contributed by atoms with Crippen LogP contribution in [0.2, 0.25) is 0 Å². The molecule has 0 atom stereocenters. The smallest absolute Gasteiger partial charge is 0.223 e. The number of hydrogen-bond donors (Lipinski definition) is 1. The SMILES string of the molecule is Cc1cc(N2CCOCC2)nc(CNC(=O)C2CCOCC2)n1. The summed E-state index contributed by atoms with van der Waals surface area (Å²) in [5.41, 5.74) is 0.914. The number of carbonyl (C=O) groups excluding carboxylic acids is 1. The van der Waals surface area contributed by atoms with Gasteiger partial charge >= 0.3 is 0 Å². The number of carbonyl (C=O) groups is 1. The number of anilines is 1. The molecule has 23 heavy (non-hydrogen) atoms. The molecule has 2 fully saturated rings. The third-order valence-corrected chi connectivity index (χ3v) is 4.23. The Kier molecular flexibility index (Phi) is 5.40. The van der Waals surface area contributed by atoms with Crippen molar-refractivity contribution in [3.8, 4) is 0 Å². The van der Waals surface area contributed by atoms with E-state index in [1.807, 2.05) is 13.0 Å². The molecule has 1 N–H and O–H groups in total. The summed E-state index contributed by atoms with van der Waals surface area (Å²) < 4.78 is 10.7. The molecule has 2 aliphatic rings. The number of rotatable bonds is 4. The van der Waals surface area contributed by atoms with Crippen LogP contribution in [-0.2, 0) is 20.8 Å². The van der Waals surface area contributed by atoms with Gasteiger partial charge in [-0.3, -0.25) is 4.79 Å². The van der Waals surface area contributed by atoms with E-state index in [9.17, 15) is 4.79 Å². The van der Waals surface area contributed by atoms with Gasteiger partial charge in [-0.25, -0.2) is 9.97 Å². The fraction of sp³-hybridized carbons (Fsp3) is 0.688. The van der Waals surface area contributed by atoms with Gasteiger partial charge in [-0.2, -0.15) is 0 Å². The zero-order valence-corrected chi connectivity index (χ0v) is 13.6. The van der Waals surface area contributed by atoms with Gasteiger partial charge in [-0.05, 0) is 19.8 Å². The summed E-state index contributed by atoms with van der Waals surface area (Å²) >= 11 is 0. The Morgan fingerprint density at radius 2 is 1.91 bits per heavy atom. The fourth-order valence-electron chi connectivity index (χ4n) is 2.92. The van der Waals surface area contributed by atoms with Crippen molar-refractivity contribution >= 4 is 11.7 Å². The minimum absolute atomic E-state index is 0.0484. The van der Waals surface area contributed by atoms with Crippen molar-refractivity contribution in [2.45, 2.75) is 26.3 Å². The molecular formula is C16H24N4O3. The van der Waals surface area contributed by atoms with Crippen LogP contribution in [0.1, 0.15) is 24.4 Å². The lowest BCUT2D eigenvalue weighted by molar-refractivity contribution is -0.128. The molecule has 0 spiro atoms. The van der Waals surface area contributed by atoms with Gasteiger partial charge < -0.3 is 19.7 Å². The van der Waals surface area contributed by atoms with E-state index >= 15 is 0 Å². The number of amides is 1. The summed E-state index contributed by atoms with van der Waals surface area (Å²) in [6, 6.07) is 1.98. The van der Waals surface area contributed by atoms with Gasteiger partial charge in [0.1, 0.15) is 11.6 Å². The van der Waals surface area contributed by atoms with Crippen molar-refractivity contribution in [2.24, 2.45) is 5.92 Å². The van der Waals surface area contributed by atoms with Crippen LogP contribution in [0.5, 0.6) is 0 Å². The van der Waals surface area contributed by atoms with E-state index in [-0.39, 0.29) is 11.8 Å². The number of aryl methyl sites for hydroxylation is 1. The highest BCUT2D eigenvalue weighted by Gasteiger charge is 2.21. The van der Waals surface area contributed by atoms with E-state index in [2.05, 4.69) is 20.2 Å². The maximum absolute atomic E-state index is 12.2. The van der Waals surface area contributed by atoms with Crippen LogP contribution < -0.4 is 10.2 Å². The van der Waals surface area contributed by atoms with Gasteiger partial charge in [-0.1, -0.05) is 0 Å². The van der Waals surface area contributed by atoms with Crippen molar-refractivity contribution in [2.75, 3.05) is 44.4 Å². The van der Waals surface area contributed by atoms with E-state index in [4.69, 9.17) is 9.47 Å². The van der Waals surface area contributed by atoms with Crippen LogP contribution in [0.3, 0.4) is 0 Å². The third kappa shape index (κ3) is 4.39. The lowest BCUT2D eigenvalue weighted by Crippen LogP contribution is -2.37. The summed E-state index contributed by atoms with van der Waals surface area (Å²) in [5, 5.41) is 2.96. The van der Waals surface area contributed by atoms with Crippen LogP contribution in [-0.4, -0.2) is 55.4 Å². The minimum atomic E-state index is 0.0484. The molecule has 7 nitrogen and oxygen atoms in total. The zero-order chi connectivity index (χ0) is 16.1. The Hall–Kier alpha value is -1.73. The van der Waals surface area contributed by atoms with Crippen LogP contribution in [0.25, 0.3) is 0 Å². The average molecular weight is 320 g/mol. The molecule has 126 valence electrons. The second-order valence-electron chi connectivity index (χ2n) is 5.99. The minimum Gasteiger partial charge on any atom is -0.381 e. The Balaban J connectivity index is 1.60. The van der Waals surface area contributed by atoms with Crippen molar-refractivity contribution in [3.63, 3.8) is 0 Å². The highest BCUT2D eigenvalue weighted by atomic mass is 16.5. The number of nitrogens with one attached hydrogen (secondary N) is 1. The first-order valence-electron chi connectivity index (χ1n) is 8.25. The molecule has 2 aliphatic heterocycles. The topological polar surface area (TPSA) is 76.6 Å². The van der Waals surface area contributed by atoms with Crippen molar-refractivity contribution in [1.29, 1.82) is 0 Å².